The van der Waals surface area contributed by atoms with E-state index in [4.69, 9.17) is 5.73 Å². The maximum Gasteiger partial charge on any atom is 0.0316 e. The molecule has 2 rings (SSSR count). The summed E-state index contributed by atoms with van der Waals surface area (Å²) in [6.45, 7) is 5.42. The van der Waals surface area contributed by atoms with Crippen LogP contribution in [-0.4, -0.2) is 12.6 Å². The van der Waals surface area contributed by atoms with Gasteiger partial charge in [0.15, 0.2) is 0 Å². The summed E-state index contributed by atoms with van der Waals surface area (Å²) in [5.74, 6) is 0. The summed E-state index contributed by atoms with van der Waals surface area (Å²) in [6.07, 6.45) is 3.30. The van der Waals surface area contributed by atoms with Gasteiger partial charge in [-0.25, -0.2) is 0 Å². The zero-order valence-electron chi connectivity index (χ0n) is 13.1. The van der Waals surface area contributed by atoms with Gasteiger partial charge in [-0.05, 0) is 62.9 Å². The molecule has 0 amide bonds. The Balaban J connectivity index is 1.67. The van der Waals surface area contributed by atoms with Crippen molar-refractivity contribution in [1.29, 1.82) is 0 Å². The molecule has 0 saturated heterocycles. The Kier molecular flexibility index (Phi) is 5.82. The van der Waals surface area contributed by atoms with E-state index in [1.165, 1.54) is 16.7 Å². The monoisotopic (exact) mass is 282 g/mol. The maximum atomic E-state index is 5.79. The topological polar surface area (TPSA) is 38.0 Å². The first-order valence-electron chi connectivity index (χ1n) is 7.77. The number of anilines is 1. The highest BCUT2D eigenvalue weighted by Crippen LogP contribution is 2.09. The van der Waals surface area contributed by atoms with Crippen molar-refractivity contribution in [3.63, 3.8) is 0 Å². The van der Waals surface area contributed by atoms with Crippen LogP contribution in [0, 0.1) is 6.92 Å². The molecule has 0 saturated carbocycles. The molecular formula is C19H26N2. The third-order valence-electron chi connectivity index (χ3n) is 3.75. The molecule has 3 N–H and O–H groups in total. The van der Waals surface area contributed by atoms with Crippen LogP contribution in [0.15, 0.2) is 48.5 Å². The number of hydrogen-bond acceptors (Lipinski definition) is 2. The van der Waals surface area contributed by atoms with E-state index in [1.54, 1.807) is 0 Å². The standard InChI is InChI=1S/C19H26N2/c1-15-8-10-18(11-9-15)13-16(2)21-12-4-6-17-5-3-7-19(20)14-17/h3,5,7-11,14,16,21H,4,6,12-13,20H2,1-2H3. The molecule has 0 heterocycles. The molecule has 0 aromatic heterocycles. The van der Waals surface area contributed by atoms with Gasteiger partial charge in [0.2, 0.25) is 0 Å². The Hall–Kier alpha value is -1.80. The Bertz CT molecular complexity index is 546. The summed E-state index contributed by atoms with van der Waals surface area (Å²) in [4.78, 5) is 0. The summed E-state index contributed by atoms with van der Waals surface area (Å²) in [7, 11) is 0. The van der Waals surface area contributed by atoms with Gasteiger partial charge in [-0.1, -0.05) is 42.0 Å². The molecule has 0 bridgehead atoms. The summed E-state index contributed by atoms with van der Waals surface area (Å²) >= 11 is 0. The van der Waals surface area contributed by atoms with Crippen LogP contribution in [0.25, 0.3) is 0 Å². The number of rotatable bonds is 7. The zero-order chi connectivity index (χ0) is 15.1. The average molecular weight is 282 g/mol. The number of nitrogens with one attached hydrogen (secondary N) is 1. The summed E-state index contributed by atoms with van der Waals surface area (Å²) in [5, 5.41) is 3.60. The highest BCUT2D eigenvalue weighted by Gasteiger charge is 2.03. The fourth-order valence-electron chi connectivity index (χ4n) is 2.54. The lowest BCUT2D eigenvalue weighted by molar-refractivity contribution is 0.534. The number of nitrogen functional groups attached to an aromatic ring is 1. The van der Waals surface area contributed by atoms with Gasteiger partial charge in [0.1, 0.15) is 0 Å². The van der Waals surface area contributed by atoms with Gasteiger partial charge in [-0.15, -0.1) is 0 Å². The first-order valence-corrected chi connectivity index (χ1v) is 7.77. The van der Waals surface area contributed by atoms with Crippen molar-refractivity contribution >= 4 is 5.69 Å². The van der Waals surface area contributed by atoms with Crippen molar-refractivity contribution in [2.45, 2.75) is 39.2 Å². The second-order valence-corrected chi connectivity index (χ2v) is 5.89. The summed E-state index contributed by atoms with van der Waals surface area (Å²) < 4.78 is 0. The Morgan fingerprint density at radius 3 is 2.52 bits per heavy atom. The lowest BCUT2D eigenvalue weighted by Crippen LogP contribution is -2.29. The fraction of sp³-hybridized carbons (Fsp3) is 0.368. The number of hydrogen-bond donors (Lipinski definition) is 2. The minimum atomic E-state index is 0.508. The first-order chi connectivity index (χ1) is 10.1. The second kappa shape index (κ2) is 7.84. The first kappa shape index (κ1) is 15.6. The summed E-state index contributed by atoms with van der Waals surface area (Å²) in [5.41, 5.74) is 10.7. The third kappa shape index (κ3) is 5.60. The lowest BCUT2D eigenvalue weighted by atomic mass is 10.1. The second-order valence-electron chi connectivity index (χ2n) is 5.89. The van der Waals surface area contributed by atoms with Gasteiger partial charge in [0.25, 0.3) is 0 Å². The van der Waals surface area contributed by atoms with Gasteiger partial charge >= 0.3 is 0 Å². The van der Waals surface area contributed by atoms with Crippen LogP contribution < -0.4 is 11.1 Å². The number of nitrogens with two attached hydrogens (primary N) is 1. The van der Waals surface area contributed by atoms with Crippen LogP contribution in [0.1, 0.15) is 30.0 Å². The molecule has 21 heavy (non-hydrogen) atoms. The molecule has 0 aliphatic carbocycles. The predicted molar refractivity (Wildman–Crippen MR) is 91.5 cm³/mol. The quantitative estimate of drug-likeness (QED) is 0.600. The van der Waals surface area contributed by atoms with E-state index in [-0.39, 0.29) is 0 Å². The van der Waals surface area contributed by atoms with Crippen LogP contribution in [0.5, 0.6) is 0 Å². The number of benzene rings is 2. The van der Waals surface area contributed by atoms with E-state index in [0.717, 1.165) is 31.5 Å². The van der Waals surface area contributed by atoms with Crippen LogP contribution >= 0.6 is 0 Å². The van der Waals surface area contributed by atoms with Gasteiger partial charge in [0.05, 0.1) is 0 Å². The van der Waals surface area contributed by atoms with Crippen LogP contribution in [0.3, 0.4) is 0 Å². The molecule has 112 valence electrons. The maximum absolute atomic E-state index is 5.79. The van der Waals surface area contributed by atoms with E-state index >= 15 is 0 Å². The molecule has 0 fully saturated rings. The number of aryl methyl sites for hydroxylation is 2. The molecule has 0 spiro atoms. The van der Waals surface area contributed by atoms with Gasteiger partial charge in [-0.3, -0.25) is 0 Å². The van der Waals surface area contributed by atoms with E-state index in [9.17, 15) is 0 Å². The van der Waals surface area contributed by atoms with Crippen LogP contribution in [-0.2, 0) is 12.8 Å². The Morgan fingerprint density at radius 1 is 1.05 bits per heavy atom. The van der Waals surface area contributed by atoms with E-state index in [0.29, 0.717) is 6.04 Å². The van der Waals surface area contributed by atoms with Gasteiger partial charge in [-0.2, -0.15) is 0 Å². The SMILES string of the molecule is Cc1ccc(CC(C)NCCCc2cccc(N)c2)cc1. The highest BCUT2D eigenvalue weighted by molar-refractivity contribution is 5.40. The fourth-order valence-corrected chi connectivity index (χ4v) is 2.54. The molecule has 1 atom stereocenters. The molecule has 2 nitrogen and oxygen atoms in total. The lowest BCUT2D eigenvalue weighted by Gasteiger charge is -2.14. The molecule has 2 aromatic rings. The van der Waals surface area contributed by atoms with Crippen molar-refractivity contribution in [3.05, 3.63) is 65.2 Å². The minimum Gasteiger partial charge on any atom is -0.399 e. The van der Waals surface area contributed by atoms with E-state index in [2.05, 4.69) is 55.6 Å². The normalized spacial score (nSPS) is 12.3. The Morgan fingerprint density at radius 2 is 1.81 bits per heavy atom. The van der Waals surface area contributed by atoms with E-state index in [1.807, 2.05) is 12.1 Å². The largest absolute Gasteiger partial charge is 0.399 e. The average Bonchev–Trinajstić information content (AvgIpc) is 2.46. The van der Waals surface area contributed by atoms with Crippen molar-refractivity contribution < 1.29 is 0 Å². The third-order valence-corrected chi connectivity index (χ3v) is 3.75. The molecular weight excluding hydrogens is 256 g/mol. The van der Waals surface area contributed by atoms with Crippen molar-refractivity contribution in [2.24, 2.45) is 0 Å². The highest BCUT2D eigenvalue weighted by atomic mass is 14.9. The van der Waals surface area contributed by atoms with Crippen molar-refractivity contribution in [3.8, 4) is 0 Å². The van der Waals surface area contributed by atoms with Crippen LogP contribution in [0.4, 0.5) is 5.69 Å². The van der Waals surface area contributed by atoms with Crippen LogP contribution in [0.2, 0.25) is 0 Å². The zero-order valence-corrected chi connectivity index (χ0v) is 13.1. The molecule has 0 aliphatic rings. The molecule has 2 aromatic carbocycles. The van der Waals surface area contributed by atoms with Crippen molar-refractivity contribution in [2.75, 3.05) is 12.3 Å². The Labute approximate surface area is 128 Å². The van der Waals surface area contributed by atoms with E-state index < -0.39 is 0 Å². The minimum absolute atomic E-state index is 0.508. The predicted octanol–water partition coefficient (Wildman–Crippen LogP) is 3.73. The smallest absolute Gasteiger partial charge is 0.0316 e. The molecule has 0 aliphatic heterocycles. The van der Waals surface area contributed by atoms with Crippen molar-refractivity contribution in [1.82, 2.24) is 5.32 Å². The molecule has 0 radical (unpaired) electrons. The van der Waals surface area contributed by atoms with Gasteiger partial charge < -0.3 is 11.1 Å². The summed E-state index contributed by atoms with van der Waals surface area (Å²) in [6, 6.07) is 17.5. The molecule has 2 heteroatoms. The van der Waals surface area contributed by atoms with Gasteiger partial charge in [0, 0.05) is 11.7 Å². The molecule has 1 unspecified atom stereocenters.